The minimum atomic E-state index is -4.45. The van der Waals surface area contributed by atoms with E-state index in [-0.39, 0.29) is 11.5 Å². The molecule has 0 unspecified atom stereocenters. The van der Waals surface area contributed by atoms with Crippen molar-refractivity contribution in [3.63, 3.8) is 0 Å². The number of benzene rings is 2. The highest BCUT2D eigenvalue weighted by Crippen LogP contribution is 2.32. The van der Waals surface area contributed by atoms with Crippen LogP contribution in [0.25, 0.3) is 0 Å². The van der Waals surface area contributed by atoms with Gasteiger partial charge in [-0.2, -0.15) is 13.2 Å². The zero-order chi connectivity index (χ0) is 17.0. The van der Waals surface area contributed by atoms with Crippen LogP contribution in [0, 0.1) is 0 Å². The van der Waals surface area contributed by atoms with Crippen LogP contribution in [0.15, 0.2) is 48.5 Å². The topological polar surface area (TPSA) is 38.8 Å². The molecule has 0 spiro atoms. The Morgan fingerprint density at radius 3 is 2.26 bits per heavy atom. The Morgan fingerprint density at radius 2 is 1.65 bits per heavy atom. The van der Waals surface area contributed by atoms with Gasteiger partial charge in [-0.25, -0.2) is 5.06 Å². The fourth-order valence-corrected chi connectivity index (χ4v) is 1.83. The molecular weight excluding hydrogens is 311 g/mol. The van der Waals surface area contributed by atoms with Crippen molar-refractivity contribution in [2.45, 2.75) is 6.18 Å². The van der Waals surface area contributed by atoms with Crippen LogP contribution >= 0.6 is 0 Å². The van der Waals surface area contributed by atoms with Gasteiger partial charge in [0.1, 0.15) is 11.5 Å². The average Bonchev–Trinajstić information content (AvgIpc) is 2.53. The molecule has 0 saturated heterocycles. The first-order valence-electron chi connectivity index (χ1n) is 6.58. The lowest BCUT2D eigenvalue weighted by Crippen LogP contribution is -2.25. The second-order valence-electron chi connectivity index (χ2n) is 4.64. The van der Waals surface area contributed by atoms with Gasteiger partial charge < -0.3 is 4.74 Å². The number of hydroxylamine groups is 2. The largest absolute Gasteiger partial charge is 0.457 e. The van der Waals surface area contributed by atoms with Crippen molar-refractivity contribution in [3.05, 3.63) is 59.7 Å². The normalized spacial score (nSPS) is 11.2. The van der Waals surface area contributed by atoms with Gasteiger partial charge in [0.15, 0.2) is 0 Å². The SMILES string of the molecule is CON(C)C(=O)c1cccc(Oc2cccc(C(F)(F)F)c2)c1. The maximum Gasteiger partial charge on any atom is 0.416 e. The molecule has 0 aromatic heterocycles. The molecule has 0 saturated carbocycles. The summed E-state index contributed by atoms with van der Waals surface area (Å²) in [5.41, 5.74) is -0.514. The summed E-state index contributed by atoms with van der Waals surface area (Å²) in [5.74, 6) is -0.119. The van der Waals surface area contributed by atoms with E-state index in [9.17, 15) is 18.0 Å². The first-order chi connectivity index (χ1) is 10.8. The number of alkyl halides is 3. The van der Waals surface area contributed by atoms with Crippen LogP contribution < -0.4 is 4.74 Å². The Hall–Kier alpha value is -2.54. The van der Waals surface area contributed by atoms with Gasteiger partial charge in [-0.05, 0) is 36.4 Å². The molecule has 23 heavy (non-hydrogen) atoms. The molecule has 0 heterocycles. The highest BCUT2D eigenvalue weighted by molar-refractivity contribution is 5.93. The van der Waals surface area contributed by atoms with Crippen LogP contribution in [0.4, 0.5) is 13.2 Å². The highest BCUT2D eigenvalue weighted by atomic mass is 19.4. The minimum Gasteiger partial charge on any atom is -0.457 e. The van der Waals surface area contributed by atoms with E-state index in [1.54, 1.807) is 18.2 Å². The molecule has 122 valence electrons. The van der Waals surface area contributed by atoms with E-state index in [2.05, 4.69) is 0 Å². The molecule has 2 aromatic carbocycles. The van der Waals surface area contributed by atoms with Gasteiger partial charge in [0.25, 0.3) is 5.91 Å². The third-order valence-electron chi connectivity index (χ3n) is 3.04. The molecule has 7 heteroatoms. The van der Waals surface area contributed by atoms with Crippen molar-refractivity contribution in [1.82, 2.24) is 5.06 Å². The standard InChI is InChI=1S/C16H14F3NO3/c1-20(22-2)15(21)11-5-3-7-13(9-11)23-14-8-4-6-12(10-14)16(17,18)19/h3-10H,1-2H3. The molecule has 0 radical (unpaired) electrons. The molecule has 1 amide bonds. The molecule has 2 aromatic rings. The van der Waals surface area contributed by atoms with Gasteiger partial charge in [-0.3, -0.25) is 9.63 Å². The number of amides is 1. The summed E-state index contributed by atoms with van der Waals surface area (Å²) in [5, 5.41) is 1.03. The number of halogens is 3. The number of carbonyl (C=O) groups is 1. The maximum atomic E-state index is 12.7. The van der Waals surface area contributed by atoms with E-state index >= 15 is 0 Å². The van der Waals surface area contributed by atoms with Crippen molar-refractivity contribution >= 4 is 5.91 Å². The van der Waals surface area contributed by atoms with Crippen molar-refractivity contribution in [2.75, 3.05) is 14.2 Å². The van der Waals surface area contributed by atoms with Crippen molar-refractivity contribution < 1.29 is 27.5 Å². The monoisotopic (exact) mass is 325 g/mol. The molecule has 0 aliphatic rings. The molecule has 0 bridgehead atoms. The van der Waals surface area contributed by atoms with Crippen LogP contribution in [-0.2, 0) is 11.0 Å². The summed E-state index contributed by atoms with van der Waals surface area (Å²) in [4.78, 5) is 16.8. The van der Waals surface area contributed by atoms with Gasteiger partial charge in [0, 0.05) is 12.6 Å². The third-order valence-corrected chi connectivity index (χ3v) is 3.04. The molecule has 4 nitrogen and oxygen atoms in total. The van der Waals surface area contributed by atoms with Crippen molar-refractivity contribution in [1.29, 1.82) is 0 Å². The number of hydrogen-bond acceptors (Lipinski definition) is 3. The summed E-state index contributed by atoms with van der Waals surface area (Å²) in [7, 11) is 2.80. The van der Waals surface area contributed by atoms with Gasteiger partial charge in [-0.1, -0.05) is 12.1 Å². The lowest BCUT2D eigenvalue weighted by Gasteiger charge is -2.14. The smallest absolute Gasteiger partial charge is 0.416 e. The zero-order valence-corrected chi connectivity index (χ0v) is 12.4. The molecule has 2 rings (SSSR count). The Bertz CT molecular complexity index is 701. The van der Waals surface area contributed by atoms with Crippen LogP contribution in [0.2, 0.25) is 0 Å². The second kappa shape index (κ2) is 6.70. The van der Waals surface area contributed by atoms with Crippen LogP contribution in [0.3, 0.4) is 0 Å². The van der Waals surface area contributed by atoms with Crippen molar-refractivity contribution in [2.24, 2.45) is 0 Å². The quantitative estimate of drug-likeness (QED) is 0.793. The van der Waals surface area contributed by atoms with E-state index in [4.69, 9.17) is 9.57 Å². The van der Waals surface area contributed by atoms with Gasteiger partial charge in [0.2, 0.25) is 0 Å². The van der Waals surface area contributed by atoms with E-state index in [0.717, 1.165) is 17.2 Å². The van der Waals surface area contributed by atoms with Crippen LogP contribution in [-0.4, -0.2) is 25.1 Å². The molecular formula is C16H14F3NO3. The summed E-state index contributed by atoms with van der Waals surface area (Å²) < 4.78 is 43.5. The van der Waals surface area contributed by atoms with E-state index in [1.165, 1.54) is 32.4 Å². The number of ether oxygens (including phenoxy) is 1. The molecule has 0 aliphatic carbocycles. The Balaban J connectivity index is 2.23. The predicted octanol–water partition coefficient (Wildman–Crippen LogP) is 4.13. The first kappa shape index (κ1) is 16.8. The van der Waals surface area contributed by atoms with Crippen LogP contribution in [0.5, 0.6) is 11.5 Å². The lowest BCUT2D eigenvalue weighted by atomic mass is 10.2. The van der Waals surface area contributed by atoms with Crippen molar-refractivity contribution in [3.8, 4) is 11.5 Å². The molecule has 0 N–H and O–H groups in total. The summed E-state index contributed by atoms with van der Waals surface area (Å²) in [6.07, 6.45) is -4.45. The number of carbonyl (C=O) groups excluding carboxylic acids is 1. The predicted molar refractivity (Wildman–Crippen MR) is 77.1 cm³/mol. The van der Waals surface area contributed by atoms with E-state index < -0.39 is 17.6 Å². The number of rotatable bonds is 4. The van der Waals surface area contributed by atoms with Crippen LogP contribution in [0.1, 0.15) is 15.9 Å². The average molecular weight is 325 g/mol. The Kier molecular flexibility index (Phi) is 4.90. The van der Waals surface area contributed by atoms with Gasteiger partial charge >= 0.3 is 6.18 Å². The zero-order valence-electron chi connectivity index (χ0n) is 12.4. The Morgan fingerprint density at radius 1 is 1.04 bits per heavy atom. The lowest BCUT2D eigenvalue weighted by molar-refractivity contribution is -0.137. The van der Waals surface area contributed by atoms with Gasteiger partial charge in [-0.15, -0.1) is 0 Å². The molecule has 0 atom stereocenters. The van der Waals surface area contributed by atoms with E-state index in [0.29, 0.717) is 5.56 Å². The molecule has 0 fully saturated rings. The number of nitrogens with zero attached hydrogens (tertiary/aromatic N) is 1. The Labute approximate surface area is 131 Å². The minimum absolute atomic E-state index is 0.0320. The fourth-order valence-electron chi connectivity index (χ4n) is 1.83. The molecule has 0 aliphatic heterocycles. The summed E-state index contributed by atoms with van der Waals surface area (Å²) >= 11 is 0. The highest BCUT2D eigenvalue weighted by Gasteiger charge is 2.30. The maximum absolute atomic E-state index is 12.7. The second-order valence-corrected chi connectivity index (χ2v) is 4.64. The van der Waals surface area contributed by atoms with E-state index in [1.807, 2.05) is 0 Å². The summed E-state index contributed by atoms with van der Waals surface area (Å²) in [6.45, 7) is 0. The fraction of sp³-hybridized carbons (Fsp3) is 0.188. The number of hydrogen-bond donors (Lipinski definition) is 0. The van der Waals surface area contributed by atoms with Gasteiger partial charge in [0.05, 0.1) is 12.7 Å². The third kappa shape index (κ3) is 4.23. The first-order valence-corrected chi connectivity index (χ1v) is 6.58. The summed E-state index contributed by atoms with van der Waals surface area (Å²) in [6, 6.07) is 10.6.